The zero-order valence-electron chi connectivity index (χ0n) is 15.0. The molecule has 6 nitrogen and oxygen atoms in total. The normalized spacial score (nSPS) is 16.4. The zero-order valence-corrected chi connectivity index (χ0v) is 16.6. The number of aromatic nitrogens is 3. The van der Waals surface area contributed by atoms with Crippen molar-refractivity contribution in [3.05, 3.63) is 41.2 Å². The molecule has 3 aromatic rings. The highest BCUT2D eigenvalue weighted by Gasteiger charge is 2.26. The first kappa shape index (κ1) is 18.1. The Hall–Kier alpha value is -2.32. The SMILES string of the molecule is Cc1nc(NC(=O)CSc2nc3ccccc3s2)nc2c1C(=O)C[C@H](C)C2. The molecule has 0 fully saturated rings. The van der Waals surface area contributed by atoms with Gasteiger partial charge in [0.25, 0.3) is 0 Å². The summed E-state index contributed by atoms with van der Waals surface area (Å²) < 4.78 is 1.96. The lowest BCUT2D eigenvalue weighted by Gasteiger charge is -2.21. The number of hydrogen-bond acceptors (Lipinski definition) is 7. The molecule has 8 heteroatoms. The number of nitrogens with one attached hydrogen (secondary N) is 1. The van der Waals surface area contributed by atoms with Gasteiger partial charge in [-0.15, -0.1) is 11.3 Å². The van der Waals surface area contributed by atoms with E-state index in [0.29, 0.717) is 17.7 Å². The fraction of sp³-hybridized carbons (Fsp3) is 0.316. The van der Waals surface area contributed by atoms with Crippen LogP contribution in [0.3, 0.4) is 0 Å². The van der Waals surface area contributed by atoms with Gasteiger partial charge in [0, 0.05) is 6.42 Å². The summed E-state index contributed by atoms with van der Waals surface area (Å²) in [6.07, 6.45) is 1.26. The highest BCUT2D eigenvalue weighted by atomic mass is 32.2. The molecule has 138 valence electrons. The Bertz CT molecular complexity index is 1010. The highest BCUT2D eigenvalue weighted by molar-refractivity contribution is 8.01. The average Bonchev–Trinajstić information content (AvgIpc) is 3.02. The monoisotopic (exact) mass is 398 g/mol. The molecule has 2 aromatic heterocycles. The lowest BCUT2D eigenvalue weighted by Crippen LogP contribution is -2.24. The van der Waals surface area contributed by atoms with Crippen molar-refractivity contribution in [3.8, 4) is 0 Å². The van der Waals surface area contributed by atoms with E-state index in [4.69, 9.17) is 0 Å². The van der Waals surface area contributed by atoms with E-state index in [1.54, 1.807) is 18.3 Å². The summed E-state index contributed by atoms with van der Waals surface area (Å²) in [5.74, 6) is 0.661. The minimum Gasteiger partial charge on any atom is -0.294 e. The predicted octanol–water partition coefficient (Wildman–Crippen LogP) is 3.89. The Morgan fingerprint density at radius 1 is 1.26 bits per heavy atom. The standard InChI is InChI=1S/C19H18N4O2S2/c1-10-7-13-17(14(24)8-10)11(2)20-18(21-13)23-16(25)9-26-19-22-12-5-3-4-6-15(12)27-19/h3-6,10H,7-9H2,1-2H3,(H,20,21,23,25)/t10-/m1/s1. The quantitative estimate of drug-likeness (QED) is 0.671. The molecule has 1 amide bonds. The van der Waals surface area contributed by atoms with Gasteiger partial charge in [-0.05, 0) is 31.4 Å². The lowest BCUT2D eigenvalue weighted by molar-refractivity contribution is -0.113. The minimum absolute atomic E-state index is 0.0884. The smallest absolute Gasteiger partial charge is 0.237 e. The van der Waals surface area contributed by atoms with Crippen molar-refractivity contribution < 1.29 is 9.59 Å². The molecule has 1 atom stereocenters. The number of thioether (sulfide) groups is 1. The molecular weight excluding hydrogens is 380 g/mol. The summed E-state index contributed by atoms with van der Waals surface area (Å²) in [4.78, 5) is 37.8. The Morgan fingerprint density at radius 2 is 2.07 bits per heavy atom. The third-order valence-electron chi connectivity index (χ3n) is 4.37. The van der Waals surface area contributed by atoms with E-state index in [1.165, 1.54) is 11.8 Å². The molecule has 0 aliphatic heterocycles. The van der Waals surface area contributed by atoms with Crippen LogP contribution in [0.5, 0.6) is 0 Å². The van der Waals surface area contributed by atoms with Crippen molar-refractivity contribution in [2.24, 2.45) is 5.92 Å². The number of benzene rings is 1. The Kier molecular flexibility index (Phi) is 4.92. The number of para-hydroxylation sites is 1. The van der Waals surface area contributed by atoms with E-state index in [-0.39, 0.29) is 29.3 Å². The number of ketones is 1. The van der Waals surface area contributed by atoms with Crippen LogP contribution in [0.1, 0.15) is 35.1 Å². The number of rotatable bonds is 4. The van der Waals surface area contributed by atoms with Crippen molar-refractivity contribution in [2.45, 2.75) is 31.0 Å². The van der Waals surface area contributed by atoms with E-state index in [2.05, 4.69) is 20.3 Å². The minimum atomic E-state index is -0.186. The molecule has 2 heterocycles. The van der Waals surface area contributed by atoms with Crippen molar-refractivity contribution in [1.29, 1.82) is 0 Å². The number of anilines is 1. The molecule has 0 bridgehead atoms. The summed E-state index contributed by atoms with van der Waals surface area (Å²) in [6, 6.07) is 7.90. The molecule has 1 N–H and O–H groups in total. The molecule has 0 saturated carbocycles. The molecule has 0 radical (unpaired) electrons. The topological polar surface area (TPSA) is 84.8 Å². The number of aryl methyl sites for hydroxylation is 1. The maximum atomic E-state index is 12.3. The number of thiazole rings is 1. The van der Waals surface area contributed by atoms with Crippen LogP contribution < -0.4 is 5.32 Å². The zero-order chi connectivity index (χ0) is 19.0. The van der Waals surface area contributed by atoms with Crippen LogP contribution in [0.15, 0.2) is 28.6 Å². The summed E-state index contributed by atoms with van der Waals surface area (Å²) in [5, 5.41) is 2.75. The Morgan fingerprint density at radius 3 is 2.89 bits per heavy atom. The first-order valence-electron chi connectivity index (χ1n) is 8.68. The van der Waals surface area contributed by atoms with Gasteiger partial charge >= 0.3 is 0 Å². The number of Topliss-reactive ketones (excluding diaryl/α,β-unsaturated/α-hetero) is 1. The van der Waals surface area contributed by atoms with Gasteiger partial charge in [-0.2, -0.15) is 0 Å². The van der Waals surface area contributed by atoms with Crippen LogP contribution in [-0.2, 0) is 11.2 Å². The van der Waals surface area contributed by atoms with Gasteiger partial charge in [0.2, 0.25) is 11.9 Å². The largest absolute Gasteiger partial charge is 0.294 e. The van der Waals surface area contributed by atoms with Gasteiger partial charge in [0.05, 0.1) is 32.9 Å². The third-order valence-corrected chi connectivity index (χ3v) is 6.55. The van der Waals surface area contributed by atoms with Gasteiger partial charge in [0.1, 0.15) is 0 Å². The molecule has 1 aromatic carbocycles. The number of carbonyl (C=O) groups excluding carboxylic acids is 2. The van der Waals surface area contributed by atoms with Crippen molar-refractivity contribution in [3.63, 3.8) is 0 Å². The number of nitrogens with zero attached hydrogens (tertiary/aromatic N) is 3. The van der Waals surface area contributed by atoms with Crippen LogP contribution >= 0.6 is 23.1 Å². The molecule has 0 spiro atoms. The summed E-state index contributed by atoms with van der Waals surface area (Å²) in [7, 11) is 0. The van der Waals surface area contributed by atoms with E-state index >= 15 is 0 Å². The first-order chi connectivity index (χ1) is 13.0. The average molecular weight is 399 g/mol. The number of amides is 1. The molecular formula is C19H18N4O2S2. The first-order valence-corrected chi connectivity index (χ1v) is 10.5. The van der Waals surface area contributed by atoms with Crippen LogP contribution in [-0.4, -0.2) is 32.4 Å². The Labute approximate surface area is 164 Å². The number of fused-ring (bicyclic) bond motifs is 2. The summed E-state index contributed by atoms with van der Waals surface area (Å²) >= 11 is 2.96. The fourth-order valence-electron chi connectivity index (χ4n) is 3.22. The van der Waals surface area contributed by atoms with Gasteiger partial charge < -0.3 is 0 Å². The van der Waals surface area contributed by atoms with Gasteiger partial charge in [-0.3, -0.25) is 14.9 Å². The summed E-state index contributed by atoms with van der Waals surface area (Å²) in [6.45, 7) is 3.82. The highest BCUT2D eigenvalue weighted by Crippen LogP contribution is 2.29. The second kappa shape index (κ2) is 7.36. The fourth-order valence-corrected chi connectivity index (χ4v) is 5.09. The van der Waals surface area contributed by atoms with Crippen molar-refractivity contribution in [2.75, 3.05) is 11.1 Å². The van der Waals surface area contributed by atoms with Crippen molar-refractivity contribution >= 4 is 51.0 Å². The van der Waals surface area contributed by atoms with E-state index in [1.807, 2.05) is 31.2 Å². The van der Waals surface area contributed by atoms with Crippen LogP contribution in [0.4, 0.5) is 5.95 Å². The summed E-state index contributed by atoms with van der Waals surface area (Å²) in [5.41, 5.74) is 2.93. The van der Waals surface area contributed by atoms with E-state index in [0.717, 1.165) is 26.7 Å². The maximum absolute atomic E-state index is 12.3. The van der Waals surface area contributed by atoms with E-state index < -0.39 is 0 Å². The number of carbonyl (C=O) groups is 2. The van der Waals surface area contributed by atoms with Crippen LogP contribution in [0.25, 0.3) is 10.2 Å². The van der Waals surface area contributed by atoms with Gasteiger partial charge in [-0.25, -0.2) is 15.0 Å². The molecule has 0 saturated heterocycles. The van der Waals surface area contributed by atoms with Crippen LogP contribution in [0.2, 0.25) is 0 Å². The van der Waals surface area contributed by atoms with Crippen LogP contribution in [0, 0.1) is 12.8 Å². The molecule has 27 heavy (non-hydrogen) atoms. The maximum Gasteiger partial charge on any atom is 0.237 e. The van der Waals surface area contributed by atoms with Crippen molar-refractivity contribution in [1.82, 2.24) is 15.0 Å². The molecule has 0 unspecified atom stereocenters. The molecule has 4 rings (SSSR count). The lowest BCUT2D eigenvalue weighted by atomic mass is 9.86. The molecule has 1 aliphatic carbocycles. The molecule has 1 aliphatic rings. The van der Waals surface area contributed by atoms with Gasteiger partial charge in [0.15, 0.2) is 10.1 Å². The second-order valence-electron chi connectivity index (χ2n) is 6.68. The van der Waals surface area contributed by atoms with Gasteiger partial charge in [-0.1, -0.05) is 30.8 Å². The Balaban J connectivity index is 1.44. The number of hydrogen-bond donors (Lipinski definition) is 1. The predicted molar refractivity (Wildman–Crippen MR) is 108 cm³/mol. The second-order valence-corrected chi connectivity index (χ2v) is 8.93. The van der Waals surface area contributed by atoms with E-state index in [9.17, 15) is 9.59 Å². The third kappa shape index (κ3) is 3.86.